The number of para-hydroxylation sites is 1. The van der Waals surface area contributed by atoms with Crippen molar-refractivity contribution in [3.63, 3.8) is 0 Å². The Morgan fingerprint density at radius 2 is 2.10 bits per heavy atom. The Morgan fingerprint density at radius 1 is 1.30 bits per heavy atom. The molecular formula is C17H23NO2. The van der Waals surface area contributed by atoms with Crippen molar-refractivity contribution in [1.29, 1.82) is 0 Å². The first-order chi connectivity index (χ1) is 9.70. The molecule has 0 amide bonds. The Morgan fingerprint density at radius 3 is 2.85 bits per heavy atom. The summed E-state index contributed by atoms with van der Waals surface area (Å²) in [4.78, 5) is 0. The molecule has 1 aliphatic carbocycles. The molecule has 1 N–H and O–H groups in total. The fourth-order valence-corrected chi connectivity index (χ4v) is 3.23. The lowest BCUT2D eigenvalue weighted by molar-refractivity contribution is 0.309. The maximum absolute atomic E-state index is 5.90. The molecule has 0 radical (unpaired) electrons. The molecule has 1 fully saturated rings. The summed E-state index contributed by atoms with van der Waals surface area (Å²) >= 11 is 0. The van der Waals surface area contributed by atoms with Gasteiger partial charge in [-0.1, -0.05) is 31.9 Å². The van der Waals surface area contributed by atoms with E-state index in [1.165, 1.54) is 25.7 Å². The molecule has 0 spiro atoms. The number of hydrogen-bond donors (Lipinski definition) is 1. The molecule has 1 saturated carbocycles. The average Bonchev–Trinajstić information content (AvgIpc) is 3.04. The van der Waals surface area contributed by atoms with Crippen LogP contribution >= 0.6 is 0 Å². The smallest absolute Gasteiger partial charge is 0.176 e. The van der Waals surface area contributed by atoms with Crippen LogP contribution in [0.5, 0.6) is 5.75 Å². The van der Waals surface area contributed by atoms with E-state index in [2.05, 4.69) is 24.4 Å². The fraction of sp³-hybridized carbons (Fsp3) is 0.529. The molecule has 1 heterocycles. The van der Waals surface area contributed by atoms with Gasteiger partial charge in [0.1, 0.15) is 5.76 Å². The van der Waals surface area contributed by atoms with Crippen molar-refractivity contribution in [2.24, 2.45) is 5.41 Å². The van der Waals surface area contributed by atoms with Crippen molar-refractivity contribution in [3.05, 3.63) is 30.0 Å². The minimum absolute atomic E-state index is 0.476. The first kappa shape index (κ1) is 13.5. The van der Waals surface area contributed by atoms with Gasteiger partial charge in [-0.05, 0) is 30.4 Å². The molecule has 2 aromatic rings. The number of rotatable bonds is 5. The van der Waals surface area contributed by atoms with Crippen LogP contribution < -0.4 is 10.1 Å². The summed E-state index contributed by atoms with van der Waals surface area (Å²) in [7, 11) is 1.68. The fourth-order valence-electron chi connectivity index (χ4n) is 3.23. The summed E-state index contributed by atoms with van der Waals surface area (Å²) < 4.78 is 11.2. The van der Waals surface area contributed by atoms with Crippen molar-refractivity contribution in [3.8, 4) is 5.75 Å². The van der Waals surface area contributed by atoms with E-state index in [9.17, 15) is 0 Å². The van der Waals surface area contributed by atoms with Gasteiger partial charge in [0.25, 0.3) is 0 Å². The highest BCUT2D eigenvalue weighted by molar-refractivity contribution is 5.83. The van der Waals surface area contributed by atoms with Crippen LogP contribution in [-0.4, -0.2) is 13.7 Å². The summed E-state index contributed by atoms with van der Waals surface area (Å²) in [5, 5.41) is 4.65. The van der Waals surface area contributed by atoms with Crippen molar-refractivity contribution in [2.75, 3.05) is 13.7 Å². The van der Waals surface area contributed by atoms with Gasteiger partial charge in [0.2, 0.25) is 0 Å². The van der Waals surface area contributed by atoms with E-state index in [0.29, 0.717) is 5.41 Å². The zero-order chi connectivity index (χ0) is 14.0. The molecule has 20 heavy (non-hydrogen) atoms. The van der Waals surface area contributed by atoms with Crippen molar-refractivity contribution in [2.45, 2.75) is 39.2 Å². The first-order valence-electron chi connectivity index (χ1n) is 7.46. The van der Waals surface area contributed by atoms with Gasteiger partial charge >= 0.3 is 0 Å². The van der Waals surface area contributed by atoms with Crippen LogP contribution in [-0.2, 0) is 6.54 Å². The van der Waals surface area contributed by atoms with Gasteiger partial charge in [-0.3, -0.25) is 0 Å². The maximum atomic E-state index is 5.90. The number of furan rings is 1. The van der Waals surface area contributed by atoms with Gasteiger partial charge in [0.15, 0.2) is 11.3 Å². The molecule has 3 nitrogen and oxygen atoms in total. The first-order valence-corrected chi connectivity index (χ1v) is 7.46. The van der Waals surface area contributed by atoms with Crippen LogP contribution in [0.15, 0.2) is 28.7 Å². The number of hydrogen-bond acceptors (Lipinski definition) is 3. The van der Waals surface area contributed by atoms with Crippen molar-refractivity contribution >= 4 is 11.0 Å². The molecule has 3 rings (SSSR count). The van der Waals surface area contributed by atoms with Crippen LogP contribution in [0.4, 0.5) is 0 Å². The predicted octanol–water partition coefficient (Wildman–Crippen LogP) is 4.11. The minimum atomic E-state index is 0.476. The van der Waals surface area contributed by atoms with Crippen LogP contribution in [0.2, 0.25) is 0 Å². The van der Waals surface area contributed by atoms with E-state index >= 15 is 0 Å². The summed E-state index contributed by atoms with van der Waals surface area (Å²) in [6.45, 7) is 4.24. The summed E-state index contributed by atoms with van der Waals surface area (Å²) in [6.07, 6.45) is 5.43. The number of ether oxygens (including phenoxy) is 1. The average molecular weight is 273 g/mol. The normalized spacial score (nSPS) is 17.7. The zero-order valence-corrected chi connectivity index (χ0v) is 12.4. The van der Waals surface area contributed by atoms with Gasteiger partial charge < -0.3 is 14.5 Å². The van der Waals surface area contributed by atoms with Crippen LogP contribution in [0.25, 0.3) is 11.0 Å². The number of nitrogens with one attached hydrogen (secondary N) is 1. The monoisotopic (exact) mass is 273 g/mol. The van der Waals surface area contributed by atoms with Gasteiger partial charge in [-0.2, -0.15) is 0 Å². The van der Waals surface area contributed by atoms with Crippen LogP contribution in [0.3, 0.4) is 0 Å². The second kappa shape index (κ2) is 5.49. The van der Waals surface area contributed by atoms with Crippen molar-refractivity contribution < 1.29 is 9.15 Å². The summed E-state index contributed by atoms with van der Waals surface area (Å²) in [5.74, 6) is 1.78. The highest BCUT2D eigenvalue weighted by Gasteiger charge is 2.27. The molecule has 0 saturated heterocycles. The van der Waals surface area contributed by atoms with Gasteiger partial charge in [-0.15, -0.1) is 0 Å². The third-order valence-corrected chi connectivity index (χ3v) is 4.44. The quantitative estimate of drug-likeness (QED) is 0.890. The second-order valence-electron chi connectivity index (χ2n) is 6.21. The van der Waals surface area contributed by atoms with Gasteiger partial charge in [0.05, 0.1) is 13.7 Å². The van der Waals surface area contributed by atoms with E-state index < -0.39 is 0 Å². The number of methoxy groups -OCH3 is 1. The molecular weight excluding hydrogens is 250 g/mol. The summed E-state index contributed by atoms with van der Waals surface area (Å²) in [5.41, 5.74) is 1.32. The summed E-state index contributed by atoms with van der Waals surface area (Å²) in [6, 6.07) is 8.08. The van der Waals surface area contributed by atoms with Gasteiger partial charge in [-0.25, -0.2) is 0 Å². The number of fused-ring (bicyclic) bond motifs is 1. The molecule has 0 atom stereocenters. The van der Waals surface area contributed by atoms with E-state index in [1.807, 2.05) is 12.1 Å². The highest BCUT2D eigenvalue weighted by atomic mass is 16.5. The lowest BCUT2D eigenvalue weighted by Gasteiger charge is -2.23. The second-order valence-corrected chi connectivity index (χ2v) is 6.21. The lowest BCUT2D eigenvalue weighted by Crippen LogP contribution is -2.28. The minimum Gasteiger partial charge on any atom is -0.493 e. The molecule has 1 aromatic carbocycles. The molecule has 0 unspecified atom stereocenters. The Kier molecular flexibility index (Phi) is 3.70. The van der Waals surface area contributed by atoms with Crippen LogP contribution in [0.1, 0.15) is 38.4 Å². The SMILES string of the molecule is COc1cccc2cc(CNCC3(C)CCCC3)oc12. The van der Waals surface area contributed by atoms with Gasteiger partial charge in [0, 0.05) is 11.9 Å². The number of benzene rings is 1. The van der Waals surface area contributed by atoms with Crippen molar-refractivity contribution in [1.82, 2.24) is 5.32 Å². The Balaban J connectivity index is 1.66. The molecule has 0 bridgehead atoms. The van der Waals surface area contributed by atoms with E-state index in [4.69, 9.17) is 9.15 Å². The van der Waals surface area contributed by atoms with E-state index in [0.717, 1.165) is 35.6 Å². The molecule has 1 aliphatic rings. The Labute approximate surface area is 120 Å². The third-order valence-electron chi connectivity index (χ3n) is 4.44. The molecule has 0 aliphatic heterocycles. The standard InChI is InChI=1S/C17H23NO2/c1-17(8-3-4-9-17)12-18-11-14-10-13-6-5-7-15(19-2)16(13)20-14/h5-7,10,18H,3-4,8-9,11-12H2,1-2H3. The predicted molar refractivity (Wildman–Crippen MR) is 81.0 cm³/mol. The maximum Gasteiger partial charge on any atom is 0.176 e. The third kappa shape index (κ3) is 2.68. The molecule has 3 heteroatoms. The van der Waals surface area contributed by atoms with Crippen LogP contribution in [0, 0.1) is 5.41 Å². The highest BCUT2D eigenvalue weighted by Crippen LogP contribution is 2.36. The van der Waals surface area contributed by atoms with E-state index in [1.54, 1.807) is 7.11 Å². The molecule has 108 valence electrons. The van der Waals surface area contributed by atoms with E-state index in [-0.39, 0.29) is 0 Å². The Bertz CT molecular complexity index is 582. The zero-order valence-electron chi connectivity index (χ0n) is 12.4. The Hall–Kier alpha value is -1.48. The largest absolute Gasteiger partial charge is 0.493 e. The molecule has 1 aromatic heterocycles. The topological polar surface area (TPSA) is 34.4 Å². The lowest BCUT2D eigenvalue weighted by atomic mass is 9.89.